The zero-order chi connectivity index (χ0) is 9.56. The van der Waals surface area contributed by atoms with Crippen LogP contribution in [-0.2, 0) is 11.8 Å². The van der Waals surface area contributed by atoms with E-state index < -0.39 is 5.97 Å². The quantitative estimate of drug-likeness (QED) is 0.438. The van der Waals surface area contributed by atoms with Gasteiger partial charge in [-0.2, -0.15) is 0 Å². The first-order valence-corrected chi connectivity index (χ1v) is 3.39. The zero-order valence-electron chi connectivity index (χ0n) is 7.20. The third-order valence-corrected chi connectivity index (χ3v) is 1.03. The second kappa shape index (κ2) is 5.12. The van der Waals surface area contributed by atoms with Crippen molar-refractivity contribution in [1.82, 2.24) is 4.98 Å². The molecule has 0 aromatic carbocycles. The fraction of sp³-hybridized carbons (Fsp3) is 0.250. The van der Waals surface area contributed by atoms with Gasteiger partial charge in [-0.25, -0.2) is 4.57 Å². The predicted molar refractivity (Wildman–Crippen MR) is 41.8 cm³/mol. The van der Waals surface area contributed by atoms with E-state index in [1.54, 1.807) is 0 Å². The molecule has 66 valence electrons. The molecule has 1 N–H and O–H groups in total. The maximum atomic E-state index is 9.49. The Morgan fingerprint density at radius 2 is 2.17 bits per heavy atom. The molecule has 0 fully saturated rings. The Labute approximate surface area is 71.2 Å². The largest absolute Gasteiger partial charge is 0.545 e. The van der Waals surface area contributed by atoms with Crippen molar-refractivity contribution in [2.24, 2.45) is 7.05 Å². The normalized spacial score (nSPS) is 8.17. The van der Waals surface area contributed by atoms with Crippen LogP contribution in [0.4, 0.5) is 0 Å². The van der Waals surface area contributed by atoms with E-state index in [2.05, 4.69) is 11.6 Å². The van der Waals surface area contributed by atoms with Crippen molar-refractivity contribution < 1.29 is 14.5 Å². The summed E-state index contributed by atoms with van der Waals surface area (Å²) >= 11 is 0. The number of rotatable bonds is 1. The molecular weight excluding hydrogens is 156 g/mol. The minimum atomic E-state index is -1.19. The predicted octanol–water partition coefficient (Wildman–Crippen LogP) is -0.848. The van der Waals surface area contributed by atoms with Crippen molar-refractivity contribution in [3.05, 3.63) is 30.9 Å². The van der Waals surface area contributed by atoms with Crippen LogP contribution < -0.4 is 9.67 Å². The average molecular weight is 168 g/mol. The lowest BCUT2D eigenvalue weighted by Gasteiger charge is -1.93. The molecule has 0 aliphatic heterocycles. The van der Waals surface area contributed by atoms with Crippen molar-refractivity contribution in [2.45, 2.75) is 6.92 Å². The molecule has 0 saturated heterocycles. The van der Waals surface area contributed by atoms with Crippen LogP contribution in [0.3, 0.4) is 0 Å². The van der Waals surface area contributed by atoms with Crippen LogP contribution in [0.2, 0.25) is 0 Å². The van der Waals surface area contributed by atoms with Crippen molar-refractivity contribution in [1.29, 1.82) is 0 Å². The first-order valence-electron chi connectivity index (χ1n) is 3.39. The fourth-order valence-electron chi connectivity index (χ4n) is 0.364. The van der Waals surface area contributed by atoms with E-state index in [4.69, 9.17) is 0 Å². The lowest BCUT2D eigenvalue weighted by atomic mass is 10.4. The lowest BCUT2D eigenvalue weighted by molar-refractivity contribution is -0.670. The highest BCUT2D eigenvalue weighted by Crippen LogP contribution is 1.77. The van der Waals surface area contributed by atoms with Gasteiger partial charge in [0.25, 0.3) is 0 Å². The number of imidazole rings is 1. The molecule has 4 nitrogen and oxygen atoms in total. The molecule has 0 radical (unpaired) electrons. The van der Waals surface area contributed by atoms with Gasteiger partial charge in [-0.05, 0) is 12.5 Å². The maximum Gasteiger partial charge on any atom is 0.241 e. The number of aliphatic carboxylic acids is 1. The number of aromatic amines is 1. The molecule has 1 rings (SSSR count). The molecule has 0 unspecified atom stereocenters. The Balaban J connectivity index is 0.000000202. The number of hydrogen-bond donors (Lipinski definition) is 1. The summed E-state index contributed by atoms with van der Waals surface area (Å²) in [6.07, 6.45) is 5.69. The van der Waals surface area contributed by atoms with E-state index in [-0.39, 0.29) is 5.57 Å². The minimum Gasteiger partial charge on any atom is -0.545 e. The Hall–Kier alpha value is -1.58. The number of carboxylic acid groups (broad SMARTS) is 1. The molecule has 0 aliphatic rings. The van der Waals surface area contributed by atoms with Crippen LogP contribution >= 0.6 is 0 Å². The highest BCUT2D eigenvalue weighted by Gasteiger charge is 1.78. The molecule has 1 heterocycles. The summed E-state index contributed by atoms with van der Waals surface area (Å²) in [6.45, 7) is 4.48. The number of carbonyl (C=O) groups excluding carboxylic acids is 1. The van der Waals surface area contributed by atoms with E-state index >= 15 is 0 Å². The lowest BCUT2D eigenvalue weighted by Crippen LogP contribution is -2.22. The molecule has 0 saturated carbocycles. The number of H-pyrrole nitrogens is 1. The van der Waals surface area contributed by atoms with Gasteiger partial charge in [0, 0.05) is 0 Å². The Bertz CT molecular complexity index is 240. The van der Waals surface area contributed by atoms with Crippen molar-refractivity contribution in [2.75, 3.05) is 0 Å². The first kappa shape index (κ1) is 10.4. The topological polar surface area (TPSA) is 59.8 Å². The second-order valence-electron chi connectivity index (χ2n) is 2.34. The monoisotopic (exact) mass is 168 g/mol. The third-order valence-electron chi connectivity index (χ3n) is 1.03. The van der Waals surface area contributed by atoms with Gasteiger partial charge >= 0.3 is 0 Å². The molecule has 0 atom stereocenters. The molecule has 12 heavy (non-hydrogen) atoms. The summed E-state index contributed by atoms with van der Waals surface area (Å²) in [7, 11) is 1.97. The summed E-state index contributed by atoms with van der Waals surface area (Å²) in [5.41, 5.74) is 0.0648. The Kier molecular flexibility index (Phi) is 4.45. The number of carbonyl (C=O) groups is 1. The summed E-state index contributed by atoms with van der Waals surface area (Å²) < 4.78 is 1.94. The molecule has 4 heteroatoms. The Morgan fingerprint density at radius 1 is 1.67 bits per heavy atom. The standard InChI is InChI=1S/C4H6N2.C4H6O2/c1-6-3-2-5-4-6;1-3(2)4(5)6/h2-4H,1H3;1H2,2H3,(H,5,6). The van der Waals surface area contributed by atoms with Crippen molar-refractivity contribution >= 4 is 5.97 Å². The van der Waals surface area contributed by atoms with Crippen LogP contribution in [0, 0.1) is 0 Å². The van der Waals surface area contributed by atoms with E-state index in [0.717, 1.165) is 0 Å². The number of aromatic nitrogens is 2. The average Bonchev–Trinajstić information content (AvgIpc) is 2.40. The van der Waals surface area contributed by atoms with Crippen LogP contribution in [0.15, 0.2) is 30.9 Å². The number of nitrogens with zero attached hydrogens (tertiary/aromatic N) is 1. The van der Waals surface area contributed by atoms with Gasteiger partial charge in [-0.1, -0.05) is 6.58 Å². The van der Waals surface area contributed by atoms with Gasteiger partial charge in [-0.15, -0.1) is 0 Å². The first-order chi connectivity index (χ1) is 5.54. The highest BCUT2D eigenvalue weighted by molar-refractivity contribution is 5.82. The number of nitrogens with one attached hydrogen (secondary N) is 1. The van der Waals surface area contributed by atoms with E-state index in [0.29, 0.717) is 0 Å². The van der Waals surface area contributed by atoms with Gasteiger partial charge in [0.15, 0.2) is 0 Å². The third kappa shape index (κ3) is 5.22. The van der Waals surface area contributed by atoms with Crippen molar-refractivity contribution in [3.8, 4) is 0 Å². The molecule has 0 amide bonds. The van der Waals surface area contributed by atoms with Crippen LogP contribution in [0.25, 0.3) is 0 Å². The molecule has 1 aromatic rings. The number of hydrogen-bond acceptors (Lipinski definition) is 2. The highest BCUT2D eigenvalue weighted by atomic mass is 16.4. The number of aryl methyl sites for hydroxylation is 1. The van der Waals surface area contributed by atoms with E-state index in [9.17, 15) is 9.90 Å². The molecule has 0 aliphatic carbocycles. The number of carboxylic acids is 1. The minimum absolute atomic E-state index is 0.0648. The molecule has 0 spiro atoms. The van der Waals surface area contributed by atoms with E-state index in [1.807, 2.05) is 30.3 Å². The zero-order valence-corrected chi connectivity index (χ0v) is 7.20. The maximum absolute atomic E-state index is 9.49. The van der Waals surface area contributed by atoms with Gasteiger partial charge in [0.05, 0.1) is 13.0 Å². The van der Waals surface area contributed by atoms with Gasteiger partial charge in [-0.3, -0.25) is 4.98 Å². The Morgan fingerprint density at radius 3 is 2.25 bits per heavy atom. The summed E-state index contributed by atoms with van der Waals surface area (Å²) in [4.78, 5) is 12.4. The smallest absolute Gasteiger partial charge is 0.241 e. The van der Waals surface area contributed by atoms with Crippen LogP contribution in [0.5, 0.6) is 0 Å². The van der Waals surface area contributed by atoms with Crippen LogP contribution in [0.1, 0.15) is 6.92 Å². The van der Waals surface area contributed by atoms with E-state index in [1.165, 1.54) is 6.92 Å². The van der Waals surface area contributed by atoms with Crippen LogP contribution in [-0.4, -0.2) is 11.0 Å². The summed E-state index contributed by atoms with van der Waals surface area (Å²) in [6, 6.07) is 0. The molecule has 0 bridgehead atoms. The van der Waals surface area contributed by atoms with Crippen molar-refractivity contribution in [3.63, 3.8) is 0 Å². The summed E-state index contributed by atoms with van der Waals surface area (Å²) in [5.74, 6) is -1.19. The van der Waals surface area contributed by atoms with Gasteiger partial charge in [0.2, 0.25) is 6.33 Å². The fourth-order valence-corrected chi connectivity index (χ4v) is 0.364. The summed E-state index contributed by atoms with van der Waals surface area (Å²) in [5, 5.41) is 9.49. The van der Waals surface area contributed by atoms with Gasteiger partial charge < -0.3 is 9.90 Å². The van der Waals surface area contributed by atoms with Gasteiger partial charge in [0.1, 0.15) is 12.4 Å². The molecule has 1 aromatic heterocycles. The SMILES string of the molecule is C=C(C)C(=O)[O-].C[n+]1cc[nH]c1. The second-order valence-corrected chi connectivity index (χ2v) is 2.34. The molecular formula is C8H12N2O2.